The van der Waals surface area contributed by atoms with Gasteiger partial charge in [-0.15, -0.1) is 0 Å². The highest BCUT2D eigenvalue weighted by atomic mass is 14.9. The third-order valence-corrected chi connectivity index (χ3v) is 3.33. The zero-order valence-corrected chi connectivity index (χ0v) is 11.2. The summed E-state index contributed by atoms with van der Waals surface area (Å²) >= 11 is 0. The summed E-state index contributed by atoms with van der Waals surface area (Å²) in [7, 11) is 0. The fourth-order valence-corrected chi connectivity index (χ4v) is 2.55. The number of hydrogen-bond donors (Lipinski definition) is 1. The maximum Gasteiger partial charge on any atom is 0.0385 e. The van der Waals surface area contributed by atoms with Crippen molar-refractivity contribution in [3.63, 3.8) is 0 Å². The Bertz CT molecular complexity index is 526. The predicted molar refractivity (Wildman–Crippen MR) is 76.8 cm³/mol. The Morgan fingerprint density at radius 1 is 1.00 bits per heavy atom. The number of nitrogens with one attached hydrogen (secondary N) is 1. The Kier molecular flexibility index (Phi) is 3.10. The van der Waals surface area contributed by atoms with Crippen LogP contribution in [0.3, 0.4) is 0 Å². The summed E-state index contributed by atoms with van der Waals surface area (Å²) in [5, 5.41) is 6.22. The van der Waals surface area contributed by atoms with Gasteiger partial charge in [-0.1, -0.05) is 58.0 Å². The molecule has 1 heterocycles. The van der Waals surface area contributed by atoms with Gasteiger partial charge in [0.15, 0.2) is 0 Å². The smallest absolute Gasteiger partial charge is 0.0385 e. The lowest BCUT2D eigenvalue weighted by molar-refractivity contribution is 0.591. The van der Waals surface area contributed by atoms with Gasteiger partial charge in [-0.25, -0.2) is 0 Å². The van der Waals surface area contributed by atoms with Crippen molar-refractivity contribution < 1.29 is 0 Å². The van der Waals surface area contributed by atoms with Gasteiger partial charge in [0.2, 0.25) is 0 Å². The van der Waals surface area contributed by atoms with E-state index in [9.17, 15) is 0 Å². The van der Waals surface area contributed by atoms with Crippen LogP contribution in [0, 0.1) is 0 Å². The van der Waals surface area contributed by atoms with Gasteiger partial charge in [0, 0.05) is 17.6 Å². The Balaban J connectivity index is 0.000000514. The van der Waals surface area contributed by atoms with E-state index in [4.69, 9.17) is 0 Å². The van der Waals surface area contributed by atoms with Crippen LogP contribution in [0.2, 0.25) is 0 Å². The van der Waals surface area contributed by atoms with Gasteiger partial charge in [-0.3, -0.25) is 0 Å². The summed E-state index contributed by atoms with van der Waals surface area (Å²) in [5.41, 5.74) is 3.02. The van der Waals surface area contributed by atoms with E-state index in [1.54, 1.807) is 0 Å². The molecule has 0 saturated heterocycles. The lowest BCUT2D eigenvalue weighted by atomic mass is 9.84. The van der Waals surface area contributed by atoms with E-state index in [-0.39, 0.29) is 5.41 Å². The molecule has 1 aliphatic heterocycles. The fraction of sp³-hybridized carbons (Fsp3) is 0.375. The first-order chi connectivity index (χ1) is 8.18. The van der Waals surface area contributed by atoms with Crippen LogP contribution in [0.4, 0.5) is 5.69 Å². The zero-order valence-electron chi connectivity index (χ0n) is 11.2. The van der Waals surface area contributed by atoms with E-state index in [2.05, 4.69) is 55.6 Å². The van der Waals surface area contributed by atoms with Crippen LogP contribution in [-0.4, -0.2) is 6.54 Å². The first kappa shape index (κ1) is 12.0. The van der Waals surface area contributed by atoms with E-state index in [1.165, 1.54) is 22.0 Å². The Hall–Kier alpha value is -1.50. The third kappa shape index (κ3) is 1.90. The summed E-state index contributed by atoms with van der Waals surface area (Å²) in [6.07, 6.45) is 0. The number of fused-ring (bicyclic) bond motifs is 3. The highest BCUT2D eigenvalue weighted by Gasteiger charge is 2.30. The second-order valence-corrected chi connectivity index (χ2v) is 4.95. The predicted octanol–water partition coefficient (Wildman–Crippen LogP) is 4.57. The molecular weight excluding hydrogens is 206 g/mol. The summed E-state index contributed by atoms with van der Waals surface area (Å²) < 4.78 is 0. The van der Waals surface area contributed by atoms with Crippen LogP contribution in [0.25, 0.3) is 10.8 Å². The van der Waals surface area contributed by atoms with Crippen molar-refractivity contribution in [2.24, 2.45) is 0 Å². The molecule has 0 atom stereocenters. The summed E-state index contributed by atoms with van der Waals surface area (Å²) in [5.74, 6) is 0. The molecule has 0 bridgehead atoms. The van der Waals surface area contributed by atoms with Crippen LogP contribution in [0.15, 0.2) is 36.4 Å². The van der Waals surface area contributed by atoms with Crippen LogP contribution in [-0.2, 0) is 5.41 Å². The van der Waals surface area contributed by atoms with E-state index in [1.807, 2.05) is 13.8 Å². The zero-order chi connectivity index (χ0) is 12.5. The molecule has 90 valence electrons. The van der Waals surface area contributed by atoms with Gasteiger partial charge in [0.25, 0.3) is 0 Å². The quantitative estimate of drug-likeness (QED) is 0.695. The highest BCUT2D eigenvalue weighted by molar-refractivity contribution is 5.92. The normalized spacial score (nSPS) is 15.8. The number of rotatable bonds is 0. The fourth-order valence-electron chi connectivity index (χ4n) is 2.55. The lowest BCUT2D eigenvalue weighted by Crippen LogP contribution is -2.19. The third-order valence-electron chi connectivity index (χ3n) is 3.33. The minimum atomic E-state index is 0.246. The molecule has 0 amide bonds. The molecule has 1 aliphatic rings. The van der Waals surface area contributed by atoms with Crippen molar-refractivity contribution >= 4 is 16.5 Å². The number of anilines is 1. The minimum Gasteiger partial charge on any atom is -0.384 e. The Morgan fingerprint density at radius 3 is 2.47 bits per heavy atom. The van der Waals surface area contributed by atoms with E-state index < -0.39 is 0 Å². The standard InChI is InChI=1S/C14H15N.C2H6/c1-14(2)9-15-12-8-7-10-5-3-4-6-11(10)13(12)14;1-2/h3-8,15H,9H2,1-2H3;1-2H3. The molecule has 0 saturated carbocycles. The average Bonchev–Trinajstić information content (AvgIpc) is 2.68. The minimum absolute atomic E-state index is 0.246. The van der Waals surface area contributed by atoms with E-state index in [0.717, 1.165) is 6.54 Å². The van der Waals surface area contributed by atoms with Crippen molar-refractivity contribution in [2.45, 2.75) is 33.1 Å². The van der Waals surface area contributed by atoms with Crippen LogP contribution in [0.1, 0.15) is 33.3 Å². The second kappa shape index (κ2) is 4.40. The van der Waals surface area contributed by atoms with Gasteiger partial charge in [-0.05, 0) is 22.4 Å². The van der Waals surface area contributed by atoms with Gasteiger partial charge >= 0.3 is 0 Å². The average molecular weight is 227 g/mol. The Morgan fingerprint density at radius 2 is 1.71 bits per heavy atom. The van der Waals surface area contributed by atoms with Gasteiger partial charge in [0.1, 0.15) is 0 Å². The monoisotopic (exact) mass is 227 g/mol. The van der Waals surface area contributed by atoms with Crippen molar-refractivity contribution in [3.8, 4) is 0 Å². The Labute approximate surface area is 104 Å². The molecule has 2 aromatic rings. The summed E-state index contributed by atoms with van der Waals surface area (Å²) in [4.78, 5) is 0. The molecule has 3 rings (SSSR count). The largest absolute Gasteiger partial charge is 0.384 e. The van der Waals surface area contributed by atoms with Crippen LogP contribution in [0.5, 0.6) is 0 Å². The van der Waals surface area contributed by atoms with E-state index >= 15 is 0 Å². The maximum atomic E-state index is 3.48. The molecule has 0 aliphatic carbocycles. The first-order valence-corrected chi connectivity index (χ1v) is 6.45. The summed E-state index contributed by atoms with van der Waals surface area (Å²) in [6, 6.07) is 13.0. The first-order valence-electron chi connectivity index (χ1n) is 6.45. The molecule has 0 radical (unpaired) electrons. The van der Waals surface area contributed by atoms with Crippen molar-refractivity contribution in [1.82, 2.24) is 0 Å². The molecule has 17 heavy (non-hydrogen) atoms. The van der Waals surface area contributed by atoms with Crippen molar-refractivity contribution in [1.29, 1.82) is 0 Å². The van der Waals surface area contributed by atoms with Crippen molar-refractivity contribution in [2.75, 3.05) is 11.9 Å². The maximum absolute atomic E-state index is 3.48. The van der Waals surface area contributed by atoms with Crippen LogP contribution >= 0.6 is 0 Å². The van der Waals surface area contributed by atoms with Crippen LogP contribution < -0.4 is 5.32 Å². The topological polar surface area (TPSA) is 12.0 Å². The van der Waals surface area contributed by atoms with Gasteiger partial charge in [0.05, 0.1) is 0 Å². The lowest BCUT2D eigenvalue weighted by Gasteiger charge is -2.19. The van der Waals surface area contributed by atoms with E-state index in [0.29, 0.717) is 0 Å². The second-order valence-electron chi connectivity index (χ2n) is 4.95. The molecular formula is C16H21N. The molecule has 1 nitrogen and oxygen atoms in total. The van der Waals surface area contributed by atoms with Crippen molar-refractivity contribution in [3.05, 3.63) is 42.0 Å². The molecule has 0 aromatic heterocycles. The molecule has 0 unspecified atom stereocenters. The van der Waals surface area contributed by atoms with Gasteiger partial charge in [-0.2, -0.15) is 0 Å². The van der Waals surface area contributed by atoms with Gasteiger partial charge < -0.3 is 5.32 Å². The highest BCUT2D eigenvalue weighted by Crippen LogP contribution is 2.40. The molecule has 2 aromatic carbocycles. The number of hydrogen-bond acceptors (Lipinski definition) is 1. The molecule has 0 fully saturated rings. The molecule has 1 N–H and O–H groups in total. The molecule has 1 heteroatoms. The number of benzene rings is 2. The molecule has 0 spiro atoms. The SMILES string of the molecule is CC.CC1(C)CNc2ccc3ccccc3c21. The summed E-state index contributed by atoms with van der Waals surface area (Å²) in [6.45, 7) is 9.65.